The first-order valence-corrected chi connectivity index (χ1v) is 6.03. The minimum Gasteiger partial charge on any atom is -0.490 e. The highest BCUT2D eigenvalue weighted by Gasteiger charge is 2.27. The molecule has 0 amide bonds. The van der Waals surface area contributed by atoms with Gasteiger partial charge >= 0.3 is 0 Å². The van der Waals surface area contributed by atoms with E-state index in [2.05, 4.69) is 21.4 Å². The molecule has 1 unspecified atom stereocenters. The molecule has 6 heteroatoms. The molecule has 0 bridgehead atoms. The second-order valence-corrected chi connectivity index (χ2v) is 4.62. The van der Waals surface area contributed by atoms with E-state index < -0.39 is 11.6 Å². The number of hydroxylamine groups is 1. The summed E-state index contributed by atoms with van der Waals surface area (Å²) in [6.45, 7) is 0.363. The highest BCUT2D eigenvalue weighted by Crippen LogP contribution is 2.39. The lowest BCUT2D eigenvalue weighted by Crippen LogP contribution is -2.20. The molecule has 17 heavy (non-hydrogen) atoms. The number of halogens is 3. The van der Waals surface area contributed by atoms with Crippen molar-refractivity contribution in [3.8, 4) is 5.75 Å². The van der Waals surface area contributed by atoms with Gasteiger partial charge in [0.1, 0.15) is 0 Å². The minimum absolute atomic E-state index is 0.0380. The van der Waals surface area contributed by atoms with Gasteiger partial charge in [0.15, 0.2) is 11.6 Å². The van der Waals surface area contributed by atoms with Crippen LogP contribution < -0.4 is 10.2 Å². The lowest BCUT2D eigenvalue weighted by molar-refractivity contribution is 0.0577. The summed E-state index contributed by atoms with van der Waals surface area (Å²) in [6, 6.07) is 0.884. The fourth-order valence-electron chi connectivity index (χ4n) is 1.92. The zero-order chi connectivity index (χ0) is 12.4. The van der Waals surface area contributed by atoms with Crippen molar-refractivity contribution in [3.05, 3.63) is 27.7 Å². The molecule has 0 spiro atoms. The number of hydrogen-bond acceptors (Lipinski definition) is 3. The van der Waals surface area contributed by atoms with Crippen LogP contribution in [0.2, 0.25) is 0 Å². The van der Waals surface area contributed by atoms with Crippen molar-refractivity contribution in [2.75, 3.05) is 13.7 Å². The van der Waals surface area contributed by atoms with Crippen LogP contribution in [0.5, 0.6) is 5.75 Å². The highest BCUT2D eigenvalue weighted by atomic mass is 79.9. The molecule has 0 radical (unpaired) electrons. The van der Waals surface area contributed by atoms with Crippen LogP contribution in [0.3, 0.4) is 0 Å². The van der Waals surface area contributed by atoms with E-state index in [1.54, 1.807) is 0 Å². The monoisotopic (exact) mass is 307 g/mol. The van der Waals surface area contributed by atoms with E-state index in [1.165, 1.54) is 7.11 Å². The topological polar surface area (TPSA) is 30.5 Å². The minimum atomic E-state index is -0.951. The summed E-state index contributed by atoms with van der Waals surface area (Å²) in [5, 5.41) is 0. The van der Waals surface area contributed by atoms with Crippen molar-refractivity contribution in [2.24, 2.45) is 0 Å². The molecule has 1 N–H and O–H groups in total. The Balaban J connectivity index is 2.53. The molecule has 94 valence electrons. The molecular weight excluding hydrogens is 296 g/mol. The van der Waals surface area contributed by atoms with E-state index in [0.29, 0.717) is 16.6 Å². The van der Waals surface area contributed by atoms with Gasteiger partial charge in [0, 0.05) is 10.0 Å². The SMILES string of the molecule is CONC1CCCOc2c(F)c(F)cc(Br)c21. The third-order valence-corrected chi connectivity index (χ3v) is 3.31. The Kier molecular flexibility index (Phi) is 3.96. The number of ether oxygens (including phenoxy) is 1. The zero-order valence-electron chi connectivity index (χ0n) is 9.23. The van der Waals surface area contributed by atoms with Gasteiger partial charge in [-0.3, -0.25) is 0 Å². The van der Waals surface area contributed by atoms with Gasteiger partial charge in [-0.05, 0) is 18.9 Å². The van der Waals surface area contributed by atoms with E-state index in [1.807, 2.05) is 0 Å². The van der Waals surface area contributed by atoms with E-state index in [4.69, 9.17) is 9.57 Å². The molecule has 3 nitrogen and oxygen atoms in total. The van der Waals surface area contributed by atoms with Gasteiger partial charge < -0.3 is 9.57 Å². The highest BCUT2D eigenvalue weighted by molar-refractivity contribution is 9.10. The lowest BCUT2D eigenvalue weighted by Gasteiger charge is -2.18. The summed E-state index contributed by atoms with van der Waals surface area (Å²) < 4.78 is 32.7. The molecule has 1 heterocycles. The van der Waals surface area contributed by atoms with Gasteiger partial charge in [0.05, 0.1) is 19.8 Å². The zero-order valence-corrected chi connectivity index (χ0v) is 10.8. The van der Waals surface area contributed by atoms with E-state index >= 15 is 0 Å². The molecule has 0 aliphatic carbocycles. The second kappa shape index (κ2) is 5.29. The van der Waals surface area contributed by atoms with Crippen LogP contribution in [0.4, 0.5) is 8.78 Å². The fraction of sp³-hybridized carbons (Fsp3) is 0.455. The second-order valence-electron chi connectivity index (χ2n) is 3.76. The largest absolute Gasteiger partial charge is 0.490 e. The van der Waals surface area contributed by atoms with Crippen LogP contribution in [0, 0.1) is 11.6 Å². The molecule has 1 aromatic rings. The standard InChI is InChI=1S/C11H12BrF2NO2/c1-16-15-8-3-2-4-17-11-9(8)6(12)5-7(13)10(11)14/h5,8,15H,2-4H2,1H3. The summed E-state index contributed by atoms with van der Waals surface area (Å²) >= 11 is 3.23. The molecule has 1 aliphatic heterocycles. The number of fused-ring (bicyclic) bond motifs is 1. The fourth-order valence-corrected chi connectivity index (χ4v) is 2.58. The summed E-state index contributed by atoms with van der Waals surface area (Å²) in [5.74, 6) is -1.91. The van der Waals surface area contributed by atoms with Crippen molar-refractivity contribution in [1.29, 1.82) is 0 Å². The Morgan fingerprint density at radius 1 is 1.53 bits per heavy atom. The van der Waals surface area contributed by atoms with Gasteiger partial charge in [-0.2, -0.15) is 9.87 Å². The first-order chi connectivity index (χ1) is 8.15. The smallest absolute Gasteiger partial charge is 0.201 e. The summed E-state index contributed by atoms with van der Waals surface area (Å²) in [4.78, 5) is 4.88. The third-order valence-electron chi connectivity index (χ3n) is 2.66. The third kappa shape index (κ3) is 2.43. The molecule has 1 atom stereocenters. The molecule has 1 aliphatic rings. The Morgan fingerprint density at radius 2 is 2.29 bits per heavy atom. The van der Waals surface area contributed by atoms with Crippen molar-refractivity contribution in [2.45, 2.75) is 18.9 Å². The van der Waals surface area contributed by atoms with Gasteiger partial charge in [-0.1, -0.05) is 15.9 Å². The Hall–Kier alpha value is -0.720. The molecule has 0 fully saturated rings. The van der Waals surface area contributed by atoms with Crippen molar-refractivity contribution < 1.29 is 18.4 Å². The van der Waals surface area contributed by atoms with Crippen molar-refractivity contribution in [1.82, 2.24) is 5.48 Å². The van der Waals surface area contributed by atoms with Gasteiger partial charge in [-0.15, -0.1) is 0 Å². The lowest BCUT2D eigenvalue weighted by atomic mass is 10.0. The van der Waals surface area contributed by atoms with E-state index in [0.717, 1.165) is 18.9 Å². The van der Waals surface area contributed by atoms with E-state index in [-0.39, 0.29) is 11.8 Å². The molecular formula is C11H12BrF2NO2. The molecule has 0 aromatic heterocycles. The number of benzene rings is 1. The number of hydrogen-bond donors (Lipinski definition) is 1. The Bertz CT molecular complexity index is 428. The maximum absolute atomic E-state index is 13.7. The van der Waals surface area contributed by atoms with Crippen LogP contribution in [-0.4, -0.2) is 13.7 Å². The summed E-state index contributed by atoms with van der Waals surface area (Å²) in [5.41, 5.74) is 3.33. The van der Waals surface area contributed by atoms with Gasteiger partial charge in [0.2, 0.25) is 5.82 Å². The van der Waals surface area contributed by atoms with Crippen LogP contribution in [0.25, 0.3) is 0 Å². The first-order valence-electron chi connectivity index (χ1n) is 5.24. The summed E-state index contributed by atoms with van der Waals surface area (Å²) in [7, 11) is 1.49. The normalized spacial score (nSPS) is 19.4. The summed E-state index contributed by atoms with van der Waals surface area (Å²) in [6.07, 6.45) is 1.47. The number of nitrogens with one attached hydrogen (secondary N) is 1. The van der Waals surface area contributed by atoms with Gasteiger partial charge in [-0.25, -0.2) is 4.39 Å². The predicted molar refractivity (Wildman–Crippen MR) is 61.7 cm³/mol. The molecule has 2 rings (SSSR count). The average Bonchev–Trinajstić information content (AvgIpc) is 2.50. The Morgan fingerprint density at radius 3 is 3.00 bits per heavy atom. The maximum atomic E-state index is 13.7. The van der Waals surface area contributed by atoms with E-state index in [9.17, 15) is 8.78 Å². The number of rotatable bonds is 2. The van der Waals surface area contributed by atoms with Crippen LogP contribution in [-0.2, 0) is 4.84 Å². The molecule has 0 saturated heterocycles. The quantitative estimate of drug-likeness (QED) is 0.673. The van der Waals surface area contributed by atoms with Crippen LogP contribution >= 0.6 is 15.9 Å². The average molecular weight is 308 g/mol. The maximum Gasteiger partial charge on any atom is 0.201 e. The van der Waals surface area contributed by atoms with Gasteiger partial charge in [0.25, 0.3) is 0 Å². The van der Waals surface area contributed by atoms with Crippen LogP contribution in [0.15, 0.2) is 10.5 Å². The molecule has 1 aromatic carbocycles. The van der Waals surface area contributed by atoms with Crippen LogP contribution in [0.1, 0.15) is 24.4 Å². The predicted octanol–water partition coefficient (Wildman–Crippen LogP) is 3.09. The van der Waals surface area contributed by atoms with Crippen molar-refractivity contribution in [3.63, 3.8) is 0 Å². The van der Waals surface area contributed by atoms with Crippen molar-refractivity contribution >= 4 is 15.9 Å². The first kappa shape index (κ1) is 12.7. The Labute approximate surface area is 106 Å². The molecule has 0 saturated carbocycles.